The number of nitrogens with zero attached hydrogens (tertiary/aromatic N) is 3. The van der Waals surface area contributed by atoms with Gasteiger partial charge in [0, 0.05) is 6.54 Å². The first-order valence-corrected chi connectivity index (χ1v) is 7.58. The van der Waals surface area contributed by atoms with Crippen LogP contribution in [-0.4, -0.2) is 27.4 Å². The van der Waals surface area contributed by atoms with Gasteiger partial charge in [-0.05, 0) is 51.8 Å². The van der Waals surface area contributed by atoms with Crippen LogP contribution in [0.25, 0.3) is 0 Å². The van der Waals surface area contributed by atoms with Gasteiger partial charge in [0.1, 0.15) is 5.82 Å². The fraction of sp³-hybridized carbons (Fsp3) is 0.471. The van der Waals surface area contributed by atoms with Crippen LogP contribution in [0.2, 0.25) is 0 Å². The number of rotatable bonds is 4. The monoisotopic (exact) mass is 317 g/mol. The Morgan fingerprint density at radius 3 is 2.30 bits per heavy atom. The van der Waals surface area contributed by atoms with Crippen LogP contribution in [0, 0.1) is 6.92 Å². The molecule has 1 aromatic carbocycles. The first-order valence-electron chi connectivity index (χ1n) is 7.58. The molecular weight excluding hydrogens is 294 g/mol. The maximum absolute atomic E-state index is 12.4. The van der Waals surface area contributed by atoms with Crippen molar-refractivity contribution in [3.05, 3.63) is 51.7 Å². The number of hydrogen-bond acceptors (Lipinski definition) is 4. The molecule has 0 saturated carbocycles. The standard InChI is InChI=1S/C17H23N3O3/c1-12-18-20(17(2,3)4)16(22)19(12)11-10-13-6-8-14(9-7-13)15(21)23-5/h6-9H,10-11H2,1-5H3. The van der Waals surface area contributed by atoms with E-state index >= 15 is 0 Å². The number of esters is 1. The van der Waals surface area contributed by atoms with E-state index in [-0.39, 0.29) is 17.2 Å². The Labute approximate surface area is 135 Å². The molecule has 1 heterocycles. The quantitative estimate of drug-likeness (QED) is 0.810. The zero-order valence-corrected chi connectivity index (χ0v) is 14.3. The molecule has 0 spiro atoms. The molecule has 6 heteroatoms. The van der Waals surface area contributed by atoms with Crippen LogP contribution in [0.5, 0.6) is 0 Å². The fourth-order valence-electron chi connectivity index (χ4n) is 2.35. The highest BCUT2D eigenvalue weighted by Gasteiger charge is 2.20. The van der Waals surface area contributed by atoms with Crippen molar-refractivity contribution in [1.29, 1.82) is 0 Å². The maximum Gasteiger partial charge on any atom is 0.346 e. The summed E-state index contributed by atoms with van der Waals surface area (Å²) in [5, 5.41) is 4.35. The first kappa shape index (κ1) is 17.0. The number of methoxy groups -OCH3 is 1. The average molecular weight is 317 g/mol. The molecule has 0 atom stereocenters. The van der Waals surface area contributed by atoms with Crippen LogP contribution in [0.4, 0.5) is 0 Å². The second-order valence-corrected chi connectivity index (χ2v) is 6.50. The van der Waals surface area contributed by atoms with E-state index in [4.69, 9.17) is 0 Å². The van der Waals surface area contributed by atoms with Crippen molar-refractivity contribution in [3.8, 4) is 0 Å². The van der Waals surface area contributed by atoms with Crippen LogP contribution in [0.15, 0.2) is 29.1 Å². The van der Waals surface area contributed by atoms with Crippen molar-refractivity contribution in [3.63, 3.8) is 0 Å². The number of aromatic nitrogens is 3. The van der Waals surface area contributed by atoms with E-state index in [1.807, 2.05) is 39.8 Å². The van der Waals surface area contributed by atoms with Gasteiger partial charge in [-0.3, -0.25) is 4.57 Å². The summed E-state index contributed by atoms with van der Waals surface area (Å²) in [7, 11) is 1.36. The zero-order chi connectivity index (χ0) is 17.2. The molecule has 0 N–H and O–H groups in total. The van der Waals surface area contributed by atoms with Gasteiger partial charge in [-0.25, -0.2) is 14.3 Å². The number of aryl methyl sites for hydroxylation is 2. The van der Waals surface area contributed by atoms with Crippen LogP contribution in [0.1, 0.15) is 42.5 Å². The summed E-state index contributed by atoms with van der Waals surface area (Å²) in [6.07, 6.45) is 0.692. The first-order chi connectivity index (χ1) is 10.7. The van der Waals surface area contributed by atoms with Crippen LogP contribution < -0.4 is 5.69 Å². The van der Waals surface area contributed by atoms with Gasteiger partial charge < -0.3 is 4.74 Å². The van der Waals surface area contributed by atoms with Gasteiger partial charge in [-0.1, -0.05) is 12.1 Å². The molecule has 1 aromatic heterocycles. The lowest BCUT2D eigenvalue weighted by atomic mass is 10.1. The highest BCUT2D eigenvalue weighted by molar-refractivity contribution is 5.89. The van der Waals surface area contributed by atoms with Gasteiger partial charge in [0.25, 0.3) is 0 Å². The Hall–Kier alpha value is -2.37. The smallest absolute Gasteiger partial charge is 0.346 e. The lowest BCUT2D eigenvalue weighted by Crippen LogP contribution is -2.36. The van der Waals surface area contributed by atoms with Gasteiger partial charge in [0.15, 0.2) is 0 Å². The minimum Gasteiger partial charge on any atom is -0.465 e. The average Bonchev–Trinajstić information content (AvgIpc) is 2.80. The van der Waals surface area contributed by atoms with Crippen LogP contribution in [-0.2, 0) is 23.2 Å². The van der Waals surface area contributed by atoms with E-state index in [0.29, 0.717) is 24.4 Å². The second kappa shape index (κ2) is 6.40. The second-order valence-electron chi connectivity index (χ2n) is 6.50. The maximum atomic E-state index is 12.4. The Balaban J connectivity index is 2.14. The molecule has 124 valence electrons. The zero-order valence-electron chi connectivity index (χ0n) is 14.3. The van der Waals surface area contributed by atoms with Crippen LogP contribution >= 0.6 is 0 Å². The van der Waals surface area contributed by atoms with Gasteiger partial charge in [-0.2, -0.15) is 5.10 Å². The van der Waals surface area contributed by atoms with Crippen LogP contribution in [0.3, 0.4) is 0 Å². The third-order valence-electron chi connectivity index (χ3n) is 3.68. The van der Waals surface area contributed by atoms with Crippen molar-refractivity contribution in [2.24, 2.45) is 0 Å². The Bertz CT molecular complexity index is 749. The van der Waals surface area contributed by atoms with Crippen molar-refractivity contribution in [2.75, 3.05) is 7.11 Å². The predicted octanol–water partition coefficient (Wildman–Crippen LogP) is 2.14. The molecule has 0 amide bonds. The number of carbonyl (C=O) groups excluding carboxylic acids is 1. The molecule has 0 saturated heterocycles. The molecule has 0 fully saturated rings. The third kappa shape index (κ3) is 3.70. The summed E-state index contributed by atoms with van der Waals surface area (Å²) in [6, 6.07) is 7.21. The molecular formula is C17H23N3O3. The summed E-state index contributed by atoms with van der Waals surface area (Å²) in [5.74, 6) is 0.353. The predicted molar refractivity (Wildman–Crippen MR) is 87.7 cm³/mol. The number of carbonyl (C=O) groups is 1. The molecule has 0 bridgehead atoms. The van der Waals surface area contributed by atoms with E-state index in [0.717, 1.165) is 5.56 Å². The topological polar surface area (TPSA) is 66.1 Å². The lowest BCUT2D eigenvalue weighted by molar-refractivity contribution is 0.0600. The third-order valence-corrected chi connectivity index (χ3v) is 3.68. The van der Waals surface area contributed by atoms with Crippen molar-refractivity contribution < 1.29 is 9.53 Å². The molecule has 6 nitrogen and oxygen atoms in total. The molecule has 0 aliphatic rings. The summed E-state index contributed by atoms with van der Waals surface area (Å²) >= 11 is 0. The van der Waals surface area contributed by atoms with Gasteiger partial charge in [0.05, 0.1) is 18.2 Å². The van der Waals surface area contributed by atoms with E-state index in [2.05, 4.69) is 9.84 Å². The minimum atomic E-state index is -0.352. The highest BCUT2D eigenvalue weighted by atomic mass is 16.5. The van der Waals surface area contributed by atoms with Gasteiger partial charge in [-0.15, -0.1) is 0 Å². The molecule has 0 aliphatic heterocycles. The van der Waals surface area contributed by atoms with Gasteiger partial charge in [0.2, 0.25) is 0 Å². The van der Waals surface area contributed by atoms with Gasteiger partial charge >= 0.3 is 11.7 Å². The largest absolute Gasteiger partial charge is 0.465 e. The highest BCUT2D eigenvalue weighted by Crippen LogP contribution is 2.11. The molecule has 2 aromatic rings. The minimum absolute atomic E-state index is 0.0961. The van der Waals surface area contributed by atoms with Crippen molar-refractivity contribution in [2.45, 2.75) is 46.2 Å². The van der Waals surface area contributed by atoms with E-state index in [1.54, 1.807) is 16.7 Å². The number of benzene rings is 1. The Morgan fingerprint density at radius 1 is 1.22 bits per heavy atom. The summed E-state index contributed by atoms with van der Waals surface area (Å²) in [5.41, 5.74) is 1.13. The normalized spacial score (nSPS) is 11.5. The number of ether oxygens (including phenoxy) is 1. The van der Waals surface area contributed by atoms with Crippen molar-refractivity contribution in [1.82, 2.24) is 14.3 Å². The molecule has 0 unspecified atom stereocenters. The Kier molecular flexibility index (Phi) is 4.73. The van der Waals surface area contributed by atoms with E-state index < -0.39 is 0 Å². The fourth-order valence-corrected chi connectivity index (χ4v) is 2.35. The lowest BCUT2D eigenvalue weighted by Gasteiger charge is -2.16. The SMILES string of the molecule is COC(=O)c1ccc(CCn2c(C)nn(C(C)(C)C)c2=O)cc1. The van der Waals surface area contributed by atoms with E-state index in [9.17, 15) is 9.59 Å². The molecule has 0 radical (unpaired) electrons. The molecule has 0 aliphatic carbocycles. The Morgan fingerprint density at radius 2 is 1.83 bits per heavy atom. The summed E-state index contributed by atoms with van der Waals surface area (Å²) in [6.45, 7) is 8.26. The molecule has 23 heavy (non-hydrogen) atoms. The summed E-state index contributed by atoms with van der Waals surface area (Å²) in [4.78, 5) is 23.9. The van der Waals surface area contributed by atoms with Crippen molar-refractivity contribution >= 4 is 5.97 Å². The van der Waals surface area contributed by atoms with E-state index in [1.165, 1.54) is 11.8 Å². The molecule has 2 rings (SSSR count). The summed E-state index contributed by atoms with van der Waals surface area (Å²) < 4.78 is 7.87. The number of hydrogen-bond donors (Lipinski definition) is 0.